The van der Waals surface area contributed by atoms with Crippen molar-refractivity contribution < 1.29 is 24.0 Å². The van der Waals surface area contributed by atoms with Crippen molar-refractivity contribution in [3.8, 4) is 0 Å². The summed E-state index contributed by atoms with van der Waals surface area (Å²) in [4.78, 5) is 45.6. The minimum absolute atomic E-state index is 0.0328. The molecular formula is C18H16BrN3O6. The number of hydrogen-bond acceptors (Lipinski definition) is 6. The van der Waals surface area contributed by atoms with Crippen molar-refractivity contribution in [2.75, 3.05) is 18.5 Å². The number of benzene rings is 2. The highest BCUT2D eigenvalue weighted by molar-refractivity contribution is 9.10. The predicted octanol–water partition coefficient (Wildman–Crippen LogP) is 2.58. The van der Waals surface area contributed by atoms with Gasteiger partial charge in [0.25, 0.3) is 17.5 Å². The van der Waals surface area contributed by atoms with E-state index in [4.69, 9.17) is 4.74 Å². The average molecular weight is 450 g/mol. The molecule has 2 aromatic rings. The van der Waals surface area contributed by atoms with Gasteiger partial charge < -0.3 is 15.4 Å². The van der Waals surface area contributed by atoms with Gasteiger partial charge in [-0.05, 0) is 36.8 Å². The van der Waals surface area contributed by atoms with E-state index in [0.29, 0.717) is 5.69 Å². The molecule has 2 aromatic carbocycles. The maximum Gasteiger partial charge on any atom is 0.325 e. The van der Waals surface area contributed by atoms with E-state index in [2.05, 4.69) is 26.6 Å². The van der Waals surface area contributed by atoms with Gasteiger partial charge in [0.05, 0.1) is 4.92 Å². The van der Waals surface area contributed by atoms with Crippen LogP contribution in [0.15, 0.2) is 46.9 Å². The van der Waals surface area contributed by atoms with E-state index in [9.17, 15) is 24.5 Å². The molecular weight excluding hydrogens is 434 g/mol. The molecule has 0 aliphatic heterocycles. The van der Waals surface area contributed by atoms with Crippen LogP contribution in [0.4, 0.5) is 11.4 Å². The Balaban J connectivity index is 1.79. The zero-order chi connectivity index (χ0) is 20.7. The molecule has 146 valence electrons. The second kappa shape index (κ2) is 9.60. The maximum absolute atomic E-state index is 11.9. The summed E-state index contributed by atoms with van der Waals surface area (Å²) < 4.78 is 5.67. The van der Waals surface area contributed by atoms with Crippen LogP contribution in [0.2, 0.25) is 0 Å². The van der Waals surface area contributed by atoms with E-state index in [1.807, 2.05) is 13.0 Å². The number of carbonyl (C=O) groups is 3. The van der Waals surface area contributed by atoms with E-state index in [-0.39, 0.29) is 11.3 Å². The Labute approximate surface area is 168 Å². The Morgan fingerprint density at radius 1 is 1.18 bits per heavy atom. The first kappa shape index (κ1) is 21.0. The van der Waals surface area contributed by atoms with Crippen molar-refractivity contribution in [2.24, 2.45) is 0 Å². The van der Waals surface area contributed by atoms with Gasteiger partial charge in [-0.2, -0.15) is 0 Å². The lowest BCUT2D eigenvalue weighted by atomic mass is 10.2. The third-order valence-corrected chi connectivity index (χ3v) is 4.03. The summed E-state index contributed by atoms with van der Waals surface area (Å²) in [6.07, 6.45) is 0. The van der Waals surface area contributed by atoms with Gasteiger partial charge in [-0.1, -0.05) is 22.0 Å². The highest BCUT2D eigenvalue weighted by Crippen LogP contribution is 2.19. The highest BCUT2D eigenvalue weighted by atomic mass is 79.9. The van der Waals surface area contributed by atoms with Crippen LogP contribution >= 0.6 is 15.9 Å². The minimum Gasteiger partial charge on any atom is -0.454 e. The smallest absolute Gasteiger partial charge is 0.325 e. The molecule has 0 saturated carbocycles. The number of halogens is 1. The van der Waals surface area contributed by atoms with Crippen molar-refractivity contribution in [3.63, 3.8) is 0 Å². The maximum atomic E-state index is 11.9. The number of aryl methyl sites for hydroxylation is 1. The zero-order valence-electron chi connectivity index (χ0n) is 14.7. The molecule has 0 spiro atoms. The van der Waals surface area contributed by atoms with Gasteiger partial charge in [0.15, 0.2) is 6.61 Å². The fourth-order valence-corrected chi connectivity index (χ4v) is 2.64. The molecule has 9 nitrogen and oxygen atoms in total. The molecule has 0 unspecified atom stereocenters. The van der Waals surface area contributed by atoms with Crippen molar-refractivity contribution in [1.29, 1.82) is 0 Å². The Bertz CT molecular complexity index is 931. The van der Waals surface area contributed by atoms with Crippen molar-refractivity contribution >= 4 is 45.1 Å². The fourth-order valence-electron chi connectivity index (χ4n) is 2.17. The standard InChI is InChI=1S/C18H16BrN3O6/c1-11-7-13(19)5-6-15(11)21-16(23)10-28-17(24)9-20-18(25)12-3-2-4-14(8-12)22(26)27/h2-8H,9-10H2,1H3,(H,20,25)(H,21,23). The van der Waals surface area contributed by atoms with Crippen LogP contribution in [-0.2, 0) is 14.3 Å². The number of non-ortho nitro benzene ring substituents is 1. The quantitative estimate of drug-likeness (QED) is 0.379. The summed E-state index contributed by atoms with van der Waals surface area (Å²) >= 11 is 3.32. The number of nitro benzene ring substituents is 1. The van der Waals surface area contributed by atoms with E-state index >= 15 is 0 Å². The molecule has 28 heavy (non-hydrogen) atoms. The predicted molar refractivity (Wildman–Crippen MR) is 104 cm³/mol. The number of nitrogens with one attached hydrogen (secondary N) is 2. The summed E-state index contributed by atoms with van der Waals surface area (Å²) in [5.74, 6) is -2.01. The summed E-state index contributed by atoms with van der Waals surface area (Å²) in [5, 5.41) is 15.6. The van der Waals surface area contributed by atoms with E-state index < -0.39 is 35.9 Å². The first-order valence-electron chi connectivity index (χ1n) is 8.00. The molecule has 0 heterocycles. The van der Waals surface area contributed by atoms with Crippen LogP contribution in [0.5, 0.6) is 0 Å². The number of amides is 2. The third kappa shape index (κ3) is 6.16. The molecule has 10 heteroatoms. The molecule has 0 saturated heterocycles. The van der Waals surface area contributed by atoms with Crippen molar-refractivity contribution in [1.82, 2.24) is 5.32 Å². The average Bonchev–Trinajstić information content (AvgIpc) is 2.66. The summed E-state index contributed by atoms with van der Waals surface area (Å²) in [5.41, 5.74) is 1.21. The normalized spacial score (nSPS) is 10.1. The van der Waals surface area contributed by atoms with Crippen LogP contribution in [-0.4, -0.2) is 35.9 Å². The van der Waals surface area contributed by atoms with Crippen molar-refractivity contribution in [2.45, 2.75) is 6.92 Å². The second-order valence-electron chi connectivity index (χ2n) is 5.66. The number of nitro groups is 1. The topological polar surface area (TPSA) is 128 Å². The number of ether oxygens (including phenoxy) is 1. The number of hydrogen-bond donors (Lipinski definition) is 2. The lowest BCUT2D eigenvalue weighted by Crippen LogP contribution is -2.32. The van der Waals surface area contributed by atoms with Gasteiger partial charge in [0.1, 0.15) is 6.54 Å². The van der Waals surface area contributed by atoms with Gasteiger partial charge in [-0.15, -0.1) is 0 Å². The molecule has 2 rings (SSSR count). The number of rotatable bonds is 7. The highest BCUT2D eigenvalue weighted by Gasteiger charge is 2.14. The largest absolute Gasteiger partial charge is 0.454 e. The first-order valence-corrected chi connectivity index (χ1v) is 8.80. The van der Waals surface area contributed by atoms with Gasteiger partial charge >= 0.3 is 5.97 Å². The van der Waals surface area contributed by atoms with Crippen LogP contribution in [0.1, 0.15) is 15.9 Å². The second-order valence-corrected chi connectivity index (χ2v) is 6.57. The van der Waals surface area contributed by atoms with Crippen LogP contribution < -0.4 is 10.6 Å². The molecule has 0 aliphatic rings. The Morgan fingerprint density at radius 3 is 2.61 bits per heavy atom. The molecule has 0 aromatic heterocycles. The molecule has 0 radical (unpaired) electrons. The van der Waals surface area contributed by atoms with Gasteiger partial charge in [0, 0.05) is 27.9 Å². The fraction of sp³-hybridized carbons (Fsp3) is 0.167. The summed E-state index contributed by atoms with van der Waals surface area (Å²) in [7, 11) is 0. The number of esters is 1. The minimum atomic E-state index is -0.818. The van der Waals surface area contributed by atoms with Gasteiger partial charge in [-0.25, -0.2) is 0 Å². The molecule has 0 aliphatic carbocycles. The number of anilines is 1. The Kier molecular flexibility index (Phi) is 7.21. The SMILES string of the molecule is Cc1cc(Br)ccc1NC(=O)COC(=O)CNC(=O)c1cccc([N+](=O)[O-])c1. The molecule has 0 bridgehead atoms. The summed E-state index contributed by atoms with van der Waals surface area (Å²) in [6.45, 7) is 0.822. The first-order chi connectivity index (χ1) is 13.3. The van der Waals surface area contributed by atoms with Gasteiger partial charge in [0.2, 0.25) is 0 Å². The monoisotopic (exact) mass is 449 g/mol. The number of nitrogens with zero attached hydrogens (tertiary/aromatic N) is 1. The zero-order valence-corrected chi connectivity index (χ0v) is 16.3. The molecule has 2 amide bonds. The van der Waals surface area contributed by atoms with Crippen molar-refractivity contribution in [3.05, 3.63) is 68.2 Å². The van der Waals surface area contributed by atoms with Crippen LogP contribution in [0.3, 0.4) is 0 Å². The Hall–Kier alpha value is -3.27. The van der Waals surface area contributed by atoms with Gasteiger partial charge in [-0.3, -0.25) is 24.5 Å². The molecule has 0 fully saturated rings. The third-order valence-electron chi connectivity index (χ3n) is 3.54. The van der Waals surface area contributed by atoms with E-state index in [0.717, 1.165) is 16.1 Å². The molecule has 0 atom stereocenters. The lowest BCUT2D eigenvalue weighted by Gasteiger charge is -2.09. The van der Waals surface area contributed by atoms with Crippen LogP contribution in [0, 0.1) is 17.0 Å². The van der Waals surface area contributed by atoms with Crippen LogP contribution in [0.25, 0.3) is 0 Å². The number of carbonyl (C=O) groups excluding carboxylic acids is 3. The lowest BCUT2D eigenvalue weighted by molar-refractivity contribution is -0.384. The van der Waals surface area contributed by atoms with E-state index in [1.54, 1.807) is 12.1 Å². The summed E-state index contributed by atoms with van der Waals surface area (Å²) in [6, 6.07) is 10.4. The Morgan fingerprint density at radius 2 is 1.93 bits per heavy atom. The molecule has 2 N–H and O–H groups in total. The van der Waals surface area contributed by atoms with E-state index in [1.165, 1.54) is 18.2 Å².